The monoisotopic (exact) mass is 259 g/mol. The second kappa shape index (κ2) is 5.02. The minimum atomic E-state index is 0.0584. The van der Waals surface area contributed by atoms with Crippen LogP contribution in [0.25, 0.3) is 5.69 Å². The van der Waals surface area contributed by atoms with Crippen molar-refractivity contribution in [1.29, 1.82) is 0 Å². The number of thiol groups is 1. The third kappa shape index (κ3) is 2.51. The molecule has 0 amide bonds. The molecule has 0 bridgehead atoms. The quantitative estimate of drug-likeness (QED) is 0.822. The summed E-state index contributed by atoms with van der Waals surface area (Å²) in [4.78, 5) is 11.7. The van der Waals surface area contributed by atoms with Gasteiger partial charge in [-0.1, -0.05) is 6.07 Å². The molecule has 0 spiro atoms. The van der Waals surface area contributed by atoms with Crippen LogP contribution in [0.1, 0.15) is 22.4 Å². The molecule has 2 rings (SSSR count). The molecule has 1 aromatic heterocycles. The zero-order chi connectivity index (χ0) is 13.3. The van der Waals surface area contributed by atoms with Gasteiger partial charge < -0.3 is 4.57 Å². The van der Waals surface area contributed by atoms with E-state index in [1.807, 2.05) is 17.7 Å². The topological polar surface area (TPSA) is 22.0 Å². The number of hydrogen-bond acceptors (Lipinski definition) is 2. The van der Waals surface area contributed by atoms with Crippen molar-refractivity contribution in [3.8, 4) is 5.69 Å². The lowest BCUT2D eigenvalue weighted by molar-refractivity contribution is 0.952. The van der Waals surface area contributed by atoms with Gasteiger partial charge >= 0.3 is 0 Å². The molecule has 1 aromatic carbocycles. The summed E-state index contributed by atoms with van der Waals surface area (Å²) in [6.07, 6.45) is 1.89. The molecular formula is C15H17NOS. The van der Waals surface area contributed by atoms with Gasteiger partial charge in [0.2, 0.25) is 0 Å². The molecule has 0 saturated heterocycles. The van der Waals surface area contributed by atoms with Gasteiger partial charge in [0.25, 0.3) is 0 Å². The maximum absolute atomic E-state index is 11.7. The van der Waals surface area contributed by atoms with E-state index in [9.17, 15) is 4.79 Å². The van der Waals surface area contributed by atoms with Crippen LogP contribution in [0.5, 0.6) is 0 Å². The lowest BCUT2D eigenvalue weighted by atomic mass is 10.1. The Morgan fingerprint density at radius 1 is 1.06 bits per heavy atom. The van der Waals surface area contributed by atoms with Crippen LogP contribution in [-0.2, 0) is 5.75 Å². The minimum absolute atomic E-state index is 0.0584. The predicted octanol–water partition coefficient (Wildman–Crippen LogP) is 3.19. The van der Waals surface area contributed by atoms with Crippen molar-refractivity contribution >= 4 is 12.6 Å². The third-order valence-electron chi connectivity index (χ3n) is 2.98. The fourth-order valence-electron chi connectivity index (χ4n) is 2.16. The van der Waals surface area contributed by atoms with E-state index in [1.54, 1.807) is 6.07 Å². The average Bonchev–Trinajstić information content (AvgIpc) is 2.27. The maximum atomic E-state index is 11.7. The van der Waals surface area contributed by atoms with E-state index >= 15 is 0 Å². The van der Waals surface area contributed by atoms with E-state index in [4.69, 9.17) is 0 Å². The first-order valence-electron chi connectivity index (χ1n) is 5.93. The highest BCUT2D eigenvalue weighted by molar-refractivity contribution is 7.79. The Labute approximate surface area is 113 Å². The zero-order valence-electron chi connectivity index (χ0n) is 10.9. The lowest BCUT2D eigenvalue weighted by Crippen LogP contribution is -2.13. The maximum Gasteiger partial charge on any atom is 0.185 e. The molecule has 1 heterocycles. The van der Waals surface area contributed by atoms with Crippen LogP contribution >= 0.6 is 12.6 Å². The summed E-state index contributed by atoms with van der Waals surface area (Å²) in [7, 11) is 0. The van der Waals surface area contributed by atoms with E-state index in [-0.39, 0.29) is 5.43 Å². The summed E-state index contributed by atoms with van der Waals surface area (Å²) >= 11 is 4.20. The number of aromatic nitrogens is 1. The van der Waals surface area contributed by atoms with Crippen LogP contribution in [-0.4, -0.2) is 4.57 Å². The molecular weight excluding hydrogens is 242 g/mol. The van der Waals surface area contributed by atoms with E-state index in [1.165, 1.54) is 11.1 Å². The molecule has 0 N–H and O–H groups in total. The van der Waals surface area contributed by atoms with Gasteiger partial charge in [0.05, 0.1) is 0 Å². The van der Waals surface area contributed by atoms with Crippen molar-refractivity contribution in [2.75, 3.05) is 0 Å². The van der Waals surface area contributed by atoms with Crippen LogP contribution in [0.4, 0.5) is 0 Å². The van der Waals surface area contributed by atoms with Crippen LogP contribution in [0.15, 0.2) is 35.3 Å². The third-order valence-corrected chi connectivity index (χ3v) is 3.32. The number of hydrogen-bond donors (Lipinski definition) is 1. The van der Waals surface area contributed by atoms with Gasteiger partial charge in [-0.05, 0) is 44.0 Å². The highest BCUT2D eigenvalue weighted by atomic mass is 32.1. The van der Waals surface area contributed by atoms with E-state index < -0.39 is 0 Å². The molecule has 0 atom stereocenters. The predicted molar refractivity (Wildman–Crippen MR) is 78.9 cm³/mol. The molecule has 94 valence electrons. The molecule has 0 radical (unpaired) electrons. The number of nitrogens with zero attached hydrogens (tertiary/aromatic N) is 1. The van der Waals surface area contributed by atoms with Crippen LogP contribution in [0.3, 0.4) is 0 Å². The number of aryl methyl sites for hydroxylation is 3. The van der Waals surface area contributed by atoms with Crippen LogP contribution in [0, 0.1) is 20.8 Å². The molecule has 0 aliphatic carbocycles. The summed E-state index contributed by atoms with van der Waals surface area (Å²) in [5, 5.41) is 0. The van der Waals surface area contributed by atoms with Gasteiger partial charge in [-0.2, -0.15) is 12.6 Å². The first kappa shape index (κ1) is 13.0. The molecule has 18 heavy (non-hydrogen) atoms. The van der Waals surface area contributed by atoms with Gasteiger partial charge in [0, 0.05) is 35.0 Å². The number of pyridine rings is 1. The SMILES string of the molecule is Cc1cc(C)cc(-n2cc(CS)c(=O)cc2C)c1. The van der Waals surface area contributed by atoms with Crippen molar-refractivity contribution < 1.29 is 0 Å². The molecule has 0 aliphatic heterocycles. The van der Waals surface area contributed by atoms with Gasteiger partial charge in [-0.25, -0.2) is 0 Å². The van der Waals surface area contributed by atoms with Crippen molar-refractivity contribution in [2.24, 2.45) is 0 Å². The van der Waals surface area contributed by atoms with Crippen molar-refractivity contribution in [1.82, 2.24) is 4.57 Å². The molecule has 0 unspecified atom stereocenters. The largest absolute Gasteiger partial charge is 0.321 e. The highest BCUT2D eigenvalue weighted by Crippen LogP contribution is 2.16. The Morgan fingerprint density at radius 2 is 1.67 bits per heavy atom. The Balaban J connectivity index is 2.66. The number of rotatable bonds is 2. The Kier molecular flexibility index (Phi) is 3.62. The highest BCUT2D eigenvalue weighted by Gasteiger charge is 2.05. The smallest absolute Gasteiger partial charge is 0.185 e. The second-order valence-electron chi connectivity index (χ2n) is 4.68. The second-order valence-corrected chi connectivity index (χ2v) is 4.99. The molecule has 0 aliphatic rings. The molecule has 0 fully saturated rings. The fraction of sp³-hybridized carbons (Fsp3) is 0.267. The van der Waals surface area contributed by atoms with Gasteiger partial charge in [-0.3, -0.25) is 4.79 Å². The zero-order valence-corrected chi connectivity index (χ0v) is 11.8. The first-order chi connectivity index (χ1) is 8.51. The Hall–Kier alpha value is -1.48. The summed E-state index contributed by atoms with van der Waals surface area (Å²) in [6.45, 7) is 6.10. The first-order valence-corrected chi connectivity index (χ1v) is 6.56. The summed E-state index contributed by atoms with van der Waals surface area (Å²) in [5.41, 5.74) is 5.25. The molecule has 0 saturated carbocycles. The fourth-order valence-corrected chi connectivity index (χ4v) is 2.40. The van der Waals surface area contributed by atoms with E-state index in [0.29, 0.717) is 5.75 Å². The van der Waals surface area contributed by atoms with Crippen LogP contribution in [0.2, 0.25) is 0 Å². The Morgan fingerprint density at radius 3 is 2.22 bits per heavy atom. The van der Waals surface area contributed by atoms with Gasteiger partial charge in [-0.15, -0.1) is 0 Å². The molecule has 2 aromatic rings. The lowest BCUT2D eigenvalue weighted by Gasteiger charge is -2.13. The minimum Gasteiger partial charge on any atom is -0.321 e. The van der Waals surface area contributed by atoms with E-state index in [0.717, 1.165) is 16.9 Å². The van der Waals surface area contributed by atoms with E-state index in [2.05, 4.69) is 44.7 Å². The normalized spacial score (nSPS) is 10.7. The standard InChI is InChI=1S/C15H17NOS/c1-10-4-11(2)6-14(5-10)16-8-13(9-18)15(17)7-12(16)3/h4-8,18H,9H2,1-3H3. The summed E-state index contributed by atoms with van der Waals surface area (Å²) < 4.78 is 2.05. The molecule has 2 nitrogen and oxygen atoms in total. The Bertz CT molecular complexity index is 623. The van der Waals surface area contributed by atoms with Gasteiger partial charge in [0.1, 0.15) is 0 Å². The molecule has 3 heteroatoms. The van der Waals surface area contributed by atoms with Crippen molar-refractivity contribution in [3.63, 3.8) is 0 Å². The van der Waals surface area contributed by atoms with Crippen LogP contribution < -0.4 is 5.43 Å². The summed E-state index contributed by atoms with van der Waals surface area (Å²) in [5.74, 6) is 0.462. The summed E-state index contributed by atoms with van der Waals surface area (Å²) in [6, 6.07) is 8.05. The number of benzene rings is 1. The average molecular weight is 259 g/mol. The van der Waals surface area contributed by atoms with Gasteiger partial charge in [0.15, 0.2) is 5.43 Å². The van der Waals surface area contributed by atoms with Crippen molar-refractivity contribution in [2.45, 2.75) is 26.5 Å². The van der Waals surface area contributed by atoms with Crippen molar-refractivity contribution in [3.05, 3.63) is 63.1 Å².